The lowest BCUT2D eigenvalue weighted by atomic mass is 9.92. The van der Waals surface area contributed by atoms with Crippen LogP contribution in [0, 0.1) is 0 Å². The first-order chi connectivity index (χ1) is 13.6. The van der Waals surface area contributed by atoms with E-state index in [2.05, 4.69) is 9.97 Å². The summed E-state index contributed by atoms with van der Waals surface area (Å²) >= 11 is 25.8. The maximum atomic E-state index is 6.61. The summed E-state index contributed by atoms with van der Waals surface area (Å²) in [6.45, 7) is 0. The Morgan fingerprint density at radius 1 is 0.500 bits per heavy atom. The number of rotatable bonds is 3. The van der Waals surface area contributed by atoms with Crippen LogP contribution in [-0.4, -0.2) is 9.97 Å². The summed E-state index contributed by atoms with van der Waals surface area (Å²) in [6, 6.07) is 18.6. The highest BCUT2D eigenvalue weighted by Gasteiger charge is 2.21. The summed E-state index contributed by atoms with van der Waals surface area (Å²) in [6.07, 6.45) is 3.43. The number of halogens is 4. The highest BCUT2D eigenvalue weighted by Crippen LogP contribution is 2.46. The standard InChI is InChI=1S/C22H12Cl4N2/c23-15-9-7-13(19(21(15)25)17-5-1-3-11-27-17)14-8-10-16(24)22(26)20(14)18-6-2-4-12-28-18/h1-12H. The summed E-state index contributed by atoms with van der Waals surface area (Å²) in [5, 5.41) is 1.75. The molecule has 0 radical (unpaired) electrons. The molecule has 4 aromatic rings. The van der Waals surface area contributed by atoms with Crippen molar-refractivity contribution in [1.82, 2.24) is 9.97 Å². The summed E-state index contributed by atoms with van der Waals surface area (Å²) in [5.74, 6) is 0. The molecule has 2 aromatic carbocycles. The lowest BCUT2D eigenvalue weighted by molar-refractivity contribution is 1.32. The van der Waals surface area contributed by atoms with Gasteiger partial charge in [0.1, 0.15) is 0 Å². The van der Waals surface area contributed by atoms with Crippen molar-refractivity contribution < 1.29 is 0 Å². The van der Waals surface area contributed by atoms with Gasteiger partial charge in [-0.2, -0.15) is 0 Å². The molecule has 2 nitrogen and oxygen atoms in total. The van der Waals surface area contributed by atoms with E-state index in [1.54, 1.807) is 24.5 Å². The van der Waals surface area contributed by atoms with Gasteiger partial charge < -0.3 is 0 Å². The van der Waals surface area contributed by atoms with Gasteiger partial charge in [0.05, 0.1) is 31.5 Å². The fourth-order valence-electron chi connectivity index (χ4n) is 3.07. The van der Waals surface area contributed by atoms with Gasteiger partial charge in [0, 0.05) is 23.5 Å². The average molecular weight is 446 g/mol. The maximum absolute atomic E-state index is 6.61. The van der Waals surface area contributed by atoms with Crippen LogP contribution in [-0.2, 0) is 0 Å². The molecule has 0 atom stereocenters. The quantitative estimate of drug-likeness (QED) is 0.318. The normalized spacial score (nSPS) is 10.9. The van der Waals surface area contributed by atoms with E-state index in [1.165, 1.54) is 0 Å². The predicted octanol–water partition coefficient (Wildman–Crippen LogP) is 8.09. The number of pyridine rings is 2. The van der Waals surface area contributed by atoms with E-state index in [0.29, 0.717) is 31.5 Å². The zero-order chi connectivity index (χ0) is 19.7. The molecule has 0 saturated carbocycles. The van der Waals surface area contributed by atoms with Gasteiger partial charge in [-0.05, 0) is 47.5 Å². The average Bonchev–Trinajstić information content (AvgIpc) is 2.73. The summed E-state index contributed by atoms with van der Waals surface area (Å²) in [4.78, 5) is 8.92. The second-order valence-corrected chi connectivity index (χ2v) is 7.57. The Morgan fingerprint density at radius 3 is 1.29 bits per heavy atom. The molecule has 0 aliphatic carbocycles. The molecule has 0 spiro atoms. The third kappa shape index (κ3) is 3.49. The van der Waals surface area contributed by atoms with E-state index in [0.717, 1.165) is 22.3 Å². The van der Waals surface area contributed by atoms with Crippen LogP contribution in [0.5, 0.6) is 0 Å². The van der Waals surface area contributed by atoms with Crippen molar-refractivity contribution in [3.05, 3.63) is 93.1 Å². The molecular weight excluding hydrogens is 434 g/mol. The van der Waals surface area contributed by atoms with Crippen molar-refractivity contribution in [3.63, 3.8) is 0 Å². The summed E-state index contributed by atoms with van der Waals surface area (Å²) < 4.78 is 0. The van der Waals surface area contributed by atoms with Crippen molar-refractivity contribution >= 4 is 46.4 Å². The van der Waals surface area contributed by atoms with Crippen LogP contribution in [0.15, 0.2) is 73.1 Å². The van der Waals surface area contributed by atoms with Gasteiger partial charge in [-0.15, -0.1) is 0 Å². The van der Waals surface area contributed by atoms with Gasteiger partial charge in [0.25, 0.3) is 0 Å². The Hall–Kier alpha value is -2.10. The van der Waals surface area contributed by atoms with Crippen LogP contribution in [0.2, 0.25) is 20.1 Å². The van der Waals surface area contributed by atoms with Gasteiger partial charge >= 0.3 is 0 Å². The molecule has 0 aliphatic rings. The lowest BCUT2D eigenvalue weighted by Crippen LogP contribution is -1.94. The van der Waals surface area contributed by atoms with Crippen molar-refractivity contribution in [2.24, 2.45) is 0 Å². The minimum atomic E-state index is 0.427. The molecule has 0 saturated heterocycles. The van der Waals surface area contributed by atoms with Crippen molar-refractivity contribution in [2.45, 2.75) is 0 Å². The minimum absolute atomic E-state index is 0.427. The Morgan fingerprint density at radius 2 is 0.929 bits per heavy atom. The number of nitrogens with zero attached hydrogens (tertiary/aromatic N) is 2. The fraction of sp³-hybridized carbons (Fsp3) is 0. The van der Waals surface area contributed by atoms with Crippen molar-refractivity contribution in [2.75, 3.05) is 0 Å². The van der Waals surface area contributed by atoms with E-state index in [1.807, 2.05) is 48.5 Å². The fourth-order valence-corrected chi connectivity index (χ4v) is 3.91. The van der Waals surface area contributed by atoms with Gasteiger partial charge in [-0.25, -0.2) is 0 Å². The van der Waals surface area contributed by atoms with Crippen LogP contribution in [0.4, 0.5) is 0 Å². The second kappa shape index (κ2) is 8.10. The van der Waals surface area contributed by atoms with Crippen LogP contribution in [0.1, 0.15) is 0 Å². The number of benzene rings is 2. The topological polar surface area (TPSA) is 25.8 Å². The van der Waals surface area contributed by atoms with E-state index in [9.17, 15) is 0 Å². The molecule has 0 aliphatic heterocycles. The highest BCUT2D eigenvalue weighted by molar-refractivity contribution is 6.45. The van der Waals surface area contributed by atoms with Gasteiger partial charge in [-0.3, -0.25) is 9.97 Å². The molecule has 6 heteroatoms. The smallest absolute Gasteiger partial charge is 0.0723 e. The highest BCUT2D eigenvalue weighted by atomic mass is 35.5. The van der Waals surface area contributed by atoms with Crippen LogP contribution >= 0.6 is 46.4 Å². The molecular formula is C22H12Cl4N2. The van der Waals surface area contributed by atoms with Crippen molar-refractivity contribution in [3.8, 4) is 33.6 Å². The first kappa shape index (κ1) is 19.2. The minimum Gasteiger partial charge on any atom is -0.256 e. The zero-order valence-electron chi connectivity index (χ0n) is 14.3. The first-order valence-electron chi connectivity index (χ1n) is 8.37. The summed E-state index contributed by atoms with van der Waals surface area (Å²) in [5.41, 5.74) is 4.56. The molecule has 0 amide bonds. The van der Waals surface area contributed by atoms with Crippen molar-refractivity contribution in [1.29, 1.82) is 0 Å². The molecule has 2 heterocycles. The van der Waals surface area contributed by atoms with E-state index in [4.69, 9.17) is 46.4 Å². The van der Waals surface area contributed by atoms with Crippen LogP contribution in [0.3, 0.4) is 0 Å². The molecule has 28 heavy (non-hydrogen) atoms. The zero-order valence-corrected chi connectivity index (χ0v) is 17.4. The largest absolute Gasteiger partial charge is 0.256 e. The molecule has 0 bridgehead atoms. The Balaban J connectivity index is 2.07. The Bertz CT molecular complexity index is 1050. The third-order valence-electron chi connectivity index (χ3n) is 4.32. The number of aromatic nitrogens is 2. The van der Waals surface area contributed by atoms with E-state index >= 15 is 0 Å². The summed E-state index contributed by atoms with van der Waals surface area (Å²) in [7, 11) is 0. The SMILES string of the molecule is Clc1ccc(-c2ccc(Cl)c(Cl)c2-c2ccccn2)c(-c2ccccn2)c1Cl. The monoisotopic (exact) mass is 444 g/mol. The third-order valence-corrected chi connectivity index (χ3v) is 5.93. The lowest BCUT2D eigenvalue weighted by Gasteiger charge is -2.17. The van der Waals surface area contributed by atoms with Gasteiger partial charge in [0.15, 0.2) is 0 Å². The van der Waals surface area contributed by atoms with Gasteiger partial charge in [0.2, 0.25) is 0 Å². The molecule has 0 N–H and O–H groups in total. The second-order valence-electron chi connectivity index (χ2n) is 6.00. The molecule has 0 unspecified atom stereocenters. The molecule has 2 aromatic heterocycles. The Labute approximate surface area is 182 Å². The van der Waals surface area contributed by atoms with Gasteiger partial charge in [-0.1, -0.05) is 70.7 Å². The number of hydrogen-bond donors (Lipinski definition) is 0. The van der Waals surface area contributed by atoms with Crippen LogP contribution < -0.4 is 0 Å². The molecule has 138 valence electrons. The molecule has 0 fully saturated rings. The van der Waals surface area contributed by atoms with E-state index in [-0.39, 0.29) is 0 Å². The maximum Gasteiger partial charge on any atom is 0.0723 e. The number of hydrogen-bond acceptors (Lipinski definition) is 2. The molecule has 4 rings (SSSR count). The predicted molar refractivity (Wildman–Crippen MR) is 118 cm³/mol. The van der Waals surface area contributed by atoms with Crippen LogP contribution in [0.25, 0.3) is 33.6 Å². The Kier molecular flexibility index (Phi) is 5.56. The van der Waals surface area contributed by atoms with E-state index < -0.39 is 0 Å². The first-order valence-corrected chi connectivity index (χ1v) is 9.88.